The first-order valence-electron chi connectivity index (χ1n) is 8.57. The molecule has 140 valence electrons. The van der Waals surface area contributed by atoms with Crippen LogP contribution in [0.4, 0.5) is 5.69 Å². The van der Waals surface area contributed by atoms with E-state index in [1.165, 1.54) is 10.7 Å². The number of nitrogens with zero attached hydrogens (tertiary/aromatic N) is 4. The average molecular weight is 367 g/mol. The number of nitrogens with one attached hydrogen (secondary N) is 1. The van der Waals surface area contributed by atoms with Gasteiger partial charge in [-0.25, -0.2) is 4.79 Å². The molecule has 3 rings (SSSR count). The molecule has 0 unspecified atom stereocenters. The lowest BCUT2D eigenvalue weighted by atomic mass is 10.2. The number of rotatable bonds is 7. The quantitative estimate of drug-likeness (QED) is 0.668. The minimum absolute atomic E-state index is 0.0349. The van der Waals surface area contributed by atoms with Gasteiger partial charge in [-0.15, -0.1) is 0 Å². The van der Waals surface area contributed by atoms with Crippen LogP contribution in [0.1, 0.15) is 33.9 Å². The van der Waals surface area contributed by atoms with Crippen LogP contribution in [0.3, 0.4) is 0 Å². The van der Waals surface area contributed by atoms with Crippen molar-refractivity contribution in [2.45, 2.75) is 33.4 Å². The van der Waals surface area contributed by atoms with Crippen LogP contribution >= 0.6 is 0 Å². The summed E-state index contributed by atoms with van der Waals surface area (Å²) in [7, 11) is 0. The second-order valence-electron chi connectivity index (χ2n) is 6.35. The number of benzene rings is 1. The number of hydrogen-bond acceptors (Lipinski definition) is 4. The Morgan fingerprint density at radius 3 is 2.63 bits per heavy atom. The zero-order chi connectivity index (χ0) is 19.4. The highest BCUT2D eigenvalue weighted by Gasteiger charge is 2.09. The molecule has 0 radical (unpaired) electrons. The van der Waals surface area contributed by atoms with Crippen LogP contribution in [0.2, 0.25) is 0 Å². The Labute approximate surface area is 156 Å². The number of hydrogen-bond donors (Lipinski definition) is 2. The number of carboxylic acid groups (broad SMARTS) is 1. The summed E-state index contributed by atoms with van der Waals surface area (Å²) in [6, 6.07) is 11.1. The molecule has 1 aromatic carbocycles. The first kappa shape index (κ1) is 18.4. The van der Waals surface area contributed by atoms with Gasteiger partial charge in [-0.05, 0) is 43.7 Å². The Hall–Kier alpha value is -3.42. The third kappa shape index (κ3) is 4.81. The summed E-state index contributed by atoms with van der Waals surface area (Å²) >= 11 is 0. The van der Waals surface area contributed by atoms with E-state index in [2.05, 4.69) is 15.5 Å². The molecule has 2 heterocycles. The summed E-state index contributed by atoms with van der Waals surface area (Å²) in [5.74, 6) is -1.25. The molecular weight excluding hydrogens is 346 g/mol. The molecule has 0 atom stereocenters. The number of aromatic nitrogens is 4. The van der Waals surface area contributed by atoms with Crippen LogP contribution in [-0.2, 0) is 17.9 Å². The van der Waals surface area contributed by atoms with E-state index in [1.807, 2.05) is 48.9 Å². The summed E-state index contributed by atoms with van der Waals surface area (Å²) < 4.78 is 3.37. The van der Waals surface area contributed by atoms with Gasteiger partial charge in [0.2, 0.25) is 5.91 Å². The van der Waals surface area contributed by atoms with Crippen LogP contribution in [0.5, 0.6) is 0 Å². The van der Waals surface area contributed by atoms with Gasteiger partial charge < -0.3 is 10.4 Å². The van der Waals surface area contributed by atoms with Gasteiger partial charge in [-0.3, -0.25) is 14.2 Å². The normalized spacial score (nSPS) is 10.7. The zero-order valence-corrected chi connectivity index (χ0v) is 15.2. The van der Waals surface area contributed by atoms with E-state index in [0.717, 1.165) is 17.0 Å². The molecule has 1 amide bonds. The van der Waals surface area contributed by atoms with Crippen molar-refractivity contribution in [3.63, 3.8) is 0 Å². The summed E-state index contributed by atoms with van der Waals surface area (Å²) in [4.78, 5) is 23.0. The van der Waals surface area contributed by atoms with E-state index >= 15 is 0 Å². The molecule has 0 fully saturated rings. The number of anilines is 1. The summed E-state index contributed by atoms with van der Waals surface area (Å²) in [5, 5.41) is 20.1. The monoisotopic (exact) mass is 367 g/mol. The van der Waals surface area contributed by atoms with Gasteiger partial charge in [0.15, 0.2) is 5.69 Å². The molecular formula is C19H21N5O3. The minimum Gasteiger partial charge on any atom is -0.476 e. The molecule has 27 heavy (non-hydrogen) atoms. The standard InChI is InChI=1S/C19H21N5O3/c1-13-10-14(2)24(21-13)12-15-4-3-5-16(11-15)20-18(25)7-9-23-8-6-17(22-23)19(26)27/h3-6,8,10-11H,7,9,12H2,1-2H3,(H,20,25)(H,26,27). The molecule has 8 heteroatoms. The average Bonchev–Trinajstić information content (AvgIpc) is 3.20. The lowest BCUT2D eigenvalue weighted by Crippen LogP contribution is -2.15. The molecule has 2 aromatic heterocycles. The predicted octanol–water partition coefficient (Wildman–Crippen LogP) is 2.47. The lowest BCUT2D eigenvalue weighted by Gasteiger charge is -2.09. The third-order valence-corrected chi connectivity index (χ3v) is 4.07. The van der Waals surface area contributed by atoms with Crippen LogP contribution < -0.4 is 5.32 Å². The van der Waals surface area contributed by atoms with Crippen molar-refractivity contribution in [1.29, 1.82) is 0 Å². The van der Waals surface area contributed by atoms with E-state index in [4.69, 9.17) is 5.11 Å². The SMILES string of the molecule is Cc1cc(C)n(Cc2cccc(NC(=O)CCn3ccc(C(=O)O)n3)c2)n1. The molecule has 0 saturated heterocycles. The largest absolute Gasteiger partial charge is 0.476 e. The number of carbonyl (C=O) groups excluding carboxylic acids is 1. The predicted molar refractivity (Wildman–Crippen MR) is 99.7 cm³/mol. The zero-order valence-electron chi connectivity index (χ0n) is 15.2. The van der Waals surface area contributed by atoms with Crippen molar-refractivity contribution in [3.05, 3.63) is 65.2 Å². The van der Waals surface area contributed by atoms with Crippen molar-refractivity contribution in [2.24, 2.45) is 0 Å². The number of aromatic carboxylic acids is 1. The van der Waals surface area contributed by atoms with Crippen molar-refractivity contribution < 1.29 is 14.7 Å². The molecule has 0 aliphatic heterocycles. The Balaban J connectivity index is 1.57. The fraction of sp³-hybridized carbons (Fsp3) is 0.263. The lowest BCUT2D eigenvalue weighted by molar-refractivity contribution is -0.116. The van der Waals surface area contributed by atoms with Crippen LogP contribution in [0.25, 0.3) is 0 Å². The Kier molecular flexibility index (Phi) is 5.35. The third-order valence-electron chi connectivity index (χ3n) is 4.07. The van der Waals surface area contributed by atoms with Crippen molar-refractivity contribution in [2.75, 3.05) is 5.32 Å². The van der Waals surface area contributed by atoms with Crippen molar-refractivity contribution >= 4 is 17.6 Å². The van der Waals surface area contributed by atoms with Gasteiger partial charge in [0, 0.05) is 30.5 Å². The number of carbonyl (C=O) groups is 2. The minimum atomic E-state index is -1.09. The second-order valence-corrected chi connectivity index (χ2v) is 6.35. The van der Waals surface area contributed by atoms with Gasteiger partial charge in [-0.2, -0.15) is 10.2 Å². The molecule has 3 aromatic rings. The maximum absolute atomic E-state index is 12.2. The highest BCUT2D eigenvalue weighted by Crippen LogP contribution is 2.14. The van der Waals surface area contributed by atoms with E-state index in [0.29, 0.717) is 18.8 Å². The maximum atomic E-state index is 12.2. The molecule has 2 N–H and O–H groups in total. The fourth-order valence-corrected chi connectivity index (χ4v) is 2.80. The van der Waals surface area contributed by atoms with Gasteiger partial charge in [0.1, 0.15) is 0 Å². The number of aryl methyl sites for hydroxylation is 3. The van der Waals surface area contributed by atoms with Crippen LogP contribution in [-0.4, -0.2) is 36.5 Å². The molecule has 0 saturated carbocycles. The molecule has 0 bridgehead atoms. The van der Waals surface area contributed by atoms with Crippen LogP contribution in [0.15, 0.2) is 42.6 Å². The molecule has 8 nitrogen and oxygen atoms in total. The van der Waals surface area contributed by atoms with Gasteiger partial charge >= 0.3 is 5.97 Å². The Bertz CT molecular complexity index is 973. The van der Waals surface area contributed by atoms with Gasteiger partial charge in [0.25, 0.3) is 0 Å². The summed E-state index contributed by atoms with van der Waals surface area (Å²) in [6.45, 7) is 4.91. The molecule has 0 aliphatic rings. The fourth-order valence-electron chi connectivity index (χ4n) is 2.80. The summed E-state index contributed by atoms with van der Waals surface area (Å²) in [5.41, 5.74) is 3.78. The summed E-state index contributed by atoms with van der Waals surface area (Å²) in [6.07, 6.45) is 1.74. The Morgan fingerprint density at radius 2 is 1.96 bits per heavy atom. The van der Waals surface area contributed by atoms with Crippen molar-refractivity contribution in [1.82, 2.24) is 19.6 Å². The van der Waals surface area contributed by atoms with Gasteiger partial charge in [0.05, 0.1) is 12.2 Å². The molecule has 0 aliphatic carbocycles. The maximum Gasteiger partial charge on any atom is 0.356 e. The highest BCUT2D eigenvalue weighted by atomic mass is 16.4. The number of carboxylic acids is 1. The Morgan fingerprint density at radius 1 is 1.15 bits per heavy atom. The number of amides is 1. The highest BCUT2D eigenvalue weighted by molar-refractivity contribution is 5.90. The van der Waals surface area contributed by atoms with E-state index in [-0.39, 0.29) is 18.0 Å². The van der Waals surface area contributed by atoms with E-state index in [1.54, 1.807) is 6.20 Å². The van der Waals surface area contributed by atoms with Crippen molar-refractivity contribution in [3.8, 4) is 0 Å². The van der Waals surface area contributed by atoms with E-state index < -0.39 is 5.97 Å². The van der Waals surface area contributed by atoms with Crippen LogP contribution in [0, 0.1) is 13.8 Å². The van der Waals surface area contributed by atoms with E-state index in [9.17, 15) is 9.59 Å². The smallest absolute Gasteiger partial charge is 0.356 e. The topological polar surface area (TPSA) is 102 Å². The first-order valence-corrected chi connectivity index (χ1v) is 8.57. The van der Waals surface area contributed by atoms with Gasteiger partial charge in [-0.1, -0.05) is 12.1 Å². The first-order chi connectivity index (χ1) is 12.9. The molecule has 0 spiro atoms. The second kappa shape index (κ2) is 7.86.